The Morgan fingerprint density at radius 3 is 2.68 bits per heavy atom. The van der Waals surface area contributed by atoms with E-state index in [2.05, 4.69) is 22.9 Å². The Bertz CT molecular complexity index is 848. The molecule has 2 aromatic carbocycles. The molecule has 1 unspecified atom stereocenters. The summed E-state index contributed by atoms with van der Waals surface area (Å²) in [6, 6.07) is 14.5. The summed E-state index contributed by atoms with van der Waals surface area (Å²) >= 11 is 0. The lowest BCUT2D eigenvalue weighted by Gasteiger charge is -2.15. The predicted molar refractivity (Wildman–Crippen MR) is 122 cm³/mol. The standard InChI is InChI=1S/C24H31N3O4/c1-2-3-14-25-24(29)18-10-12-19(13-11-18)26-16-23(28)27-21-8-4-5-9-22(21)31-17-20-7-6-15-30-20/h4-5,8-13,20,26H,2-3,6-7,14-17H2,1H3,(H,25,29)(H,27,28). The van der Waals surface area contributed by atoms with Crippen molar-refractivity contribution < 1.29 is 19.1 Å². The molecule has 1 aliphatic rings. The van der Waals surface area contributed by atoms with Crippen molar-refractivity contribution in [2.75, 3.05) is 36.9 Å². The van der Waals surface area contributed by atoms with Crippen molar-refractivity contribution in [3.63, 3.8) is 0 Å². The molecule has 1 saturated heterocycles. The number of ether oxygens (including phenoxy) is 2. The molecule has 0 radical (unpaired) electrons. The van der Waals surface area contributed by atoms with Crippen LogP contribution in [0.3, 0.4) is 0 Å². The van der Waals surface area contributed by atoms with E-state index in [9.17, 15) is 9.59 Å². The smallest absolute Gasteiger partial charge is 0.251 e. The van der Waals surface area contributed by atoms with Gasteiger partial charge < -0.3 is 25.4 Å². The number of hydrogen-bond acceptors (Lipinski definition) is 5. The van der Waals surface area contributed by atoms with Gasteiger partial charge in [0.2, 0.25) is 5.91 Å². The molecule has 0 spiro atoms. The quantitative estimate of drug-likeness (QED) is 0.476. The van der Waals surface area contributed by atoms with E-state index >= 15 is 0 Å². The van der Waals surface area contributed by atoms with Crippen LogP contribution in [0.5, 0.6) is 5.75 Å². The van der Waals surface area contributed by atoms with Gasteiger partial charge in [-0.1, -0.05) is 25.5 Å². The average molecular weight is 426 g/mol. The van der Waals surface area contributed by atoms with Crippen LogP contribution in [0.15, 0.2) is 48.5 Å². The largest absolute Gasteiger partial charge is 0.489 e. The van der Waals surface area contributed by atoms with E-state index in [0.717, 1.165) is 38.0 Å². The third-order valence-electron chi connectivity index (χ3n) is 5.03. The molecule has 3 N–H and O–H groups in total. The summed E-state index contributed by atoms with van der Waals surface area (Å²) in [5, 5.41) is 8.84. The first-order valence-electron chi connectivity index (χ1n) is 10.9. The van der Waals surface area contributed by atoms with E-state index in [4.69, 9.17) is 9.47 Å². The molecule has 0 bridgehead atoms. The molecule has 0 aliphatic carbocycles. The van der Waals surface area contributed by atoms with Crippen LogP contribution in [-0.4, -0.2) is 44.2 Å². The minimum atomic E-state index is -0.186. The fourth-order valence-corrected chi connectivity index (χ4v) is 3.25. The second-order valence-electron chi connectivity index (χ2n) is 7.53. The van der Waals surface area contributed by atoms with Gasteiger partial charge in [-0.15, -0.1) is 0 Å². The lowest BCUT2D eigenvalue weighted by Crippen LogP contribution is -2.24. The summed E-state index contributed by atoms with van der Waals surface area (Å²) in [5.41, 5.74) is 2.00. The number of amides is 2. The third-order valence-corrected chi connectivity index (χ3v) is 5.03. The van der Waals surface area contributed by atoms with Crippen LogP contribution in [0.2, 0.25) is 0 Å². The van der Waals surface area contributed by atoms with Crippen molar-refractivity contribution in [2.45, 2.75) is 38.7 Å². The monoisotopic (exact) mass is 425 g/mol. The molecule has 2 aromatic rings. The van der Waals surface area contributed by atoms with E-state index in [1.807, 2.05) is 24.3 Å². The zero-order valence-electron chi connectivity index (χ0n) is 18.0. The highest BCUT2D eigenvalue weighted by Gasteiger charge is 2.17. The van der Waals surface area contributed by atoms with Gasteiger partial charge >= 0.3 is 0 Å². The molecule has 1 aliphatic heterocycles. The van der Waals surface area contributed by atoms with Gasteiger partial charge in [0.25, 0.3) is 5.91 Å². The van der Waals surface area contributed by atoms with Crippen molar-refractivity contribution >= 4 is 23.2 Å². The fourth-order valence-electron chi connectivity index (χ4n) is 3.25. The SMILES string of the molecule is CCCCNC(=O)c1ccc(NCC(=O)Nc2ccccc2OCC2CCCO2)cc1. The van der Waals surface area contributed by atoms with Crippen molar-refractivity contribution in [2.24, 2.45) is 0 Å². The Morgan fingerprint density at radius 1 is 1.13 bits per heavy atom. The Kier molecular flexibility index (Phi) is 8.72. The van der Waals surface area contributed by atoms with Crippen LogP contribution in [0, 0.1) is 0 Å². The van der Waals surface area contributed by atoms with Gasteiger partial charge in [-0.05, 0) is 55.7 Å². The molecule has 7 nitrogen and oxygen atoms in total. The molecule has 7 heteroatoms. The van der Waals surface area contributed by atoms with E-state index in [0.29, 0.717) is 30.2 Å². The molecule has 166 valence electrons. The number of rotatable bonds is 11. The van der Waals surface area contributed by atoms with Gasteiger partial charge in [0, 0.05) is 24.4 Å². The van der Waals surface area contributed by atoms with E-state index < -0.39 is 0 Å². The van der Waals surface area contributed by atoms with Gasteiger partial charge in [0.1, 0.15) is 12.4 Å². The molecule has 31 heavy (non-hydrogen) atoms. The lowest BCUT2D eigenvalue weighted by atomic mass is 10.2. The first kappa shape index (κ1) is 22.6. The normalized spacial score (nSPS) is 15.3. The highest BCUT2D eigenvalue weighted by molar-refractivity contribution is 5.96. The maximum absolute atomic E-state index is 12.4. The number of hydrogen-bond donors (Lipinski definition) is 3. The van der Waals surface area contributed by atoms with Crippen molar-refractivity contribution in [1.82, 2.24) is 5.32 Å². The number of carbonyl (C=O) groups is 2. The van der Waals surface area contributed by atoms with Gasteiger partial charge in [-0.25, -0.2) is 0 Å². The summed E-state index contributed by atoms with van der Waals surface area (Å²) in [6.45, 7) is 4.11. The highest BCUT2D eigenvalue weighted by Crippen LogP contribution is 2.25. The highest BCUT2D eigenvalue weighted by atomic mass is 16.5. The predicted octanol–water partition coefficient (Wildman–Crippen LogP) is 3.82. The zero-order valence-corrected chi connectivity index (χ0v) is 18.0. The maximum atomic E-state index is 12.4. The zero-order chi connectivity index (χ0) is 21.9. The van der Waals surface area contributed by atoms with Crippen LogP contribution >= 0.6 is 0 Å². The summed E-state index contributed by atoms with van der Waals surface area (Å²) < 4.78 is 11.4. The number of para-hydroxylation sites is 2. The average Bonchev–Trinajstić information content (AvgIpc) is 3.31. The van der Waals surface area contributed by atoms with Gasteiger partial charge in [-0.3, -0.25) is 9.59 Å². The number of benzene rings is 2. The Morgan fingerprint density at radius 2 is 1.94 bits per heavy atom. The number of anilines is 2. The molecule has 2 amide bonds. The molecular weight excluding hydrogens is 394 g/mol. The van der Waals surface area contributed by atoms with Crippen molar-refractivity contribution in [3.8, 4) is 5.75 Å². The van der Waals surface area contributed by atoms with Crippen LogP contribution < -0.4 is 20.7 Å². The van der Waals surface area contributed by atoms with Crippen LogP contribution in [0.4, 0.5) is 11.4 Å². The van der Waals surface area contributed by atoms with Crippen molar-refractivity contribution in [1.29, 1.82) is 0 Å². The lowest BCUT2D eigenvalue weighted by molar-refractivity contribution is -0.114. The van der Waals surface area contributed by atoms with Crippen LogP contribution in [-0.2, 0) is 9.53 Å². The minimum absolute atomic E-state index is 0.0858. The Hall–Kier alpha value is -3.06. The number of unbranched alkanes of at least 4 members (excludes halogenated alkanes) is 1. The Labute approximate surface area is 183 Å². The van der Waals surface area contributed by atoms with Gasteiger partial charge in [0.05, 0.1) is 18.3 Å². The van der Waals surface area contributed by atoms with Crippen LogP contribution in [0.1, 0.15) is 43.0 Å². The fraction of sp³-hybridized carbons (Fsp3) is 0.417. The van der Waals surface area contributed by atoms with Gasteiger partial charge in [-0.2, -0.15) is 0 Å². The number of carbonyl (C=O) groups excluding carboxylic acids is 2. The first-order chi connectivity index (χ1) is 15.2. The third kappa shape index (κ3) is 7.29. The second-order valence-corrected chi connectivity index (χ2v) is 7.53. The Balaban J connectivity index is 1.46. The summed E-state index contributed by atoms with van der Waals surface area (Å²) in [5.74, 6) is 0.358. The minimum Gasteiger partial charge on any atom is -0.489 e. The van der Waals surface area contributed by atoms with E-state index in [1.54, 1.807) is 24.3 Å². The first-order valence-corrected chi connectivity index (χ1v) is 10.9. The summed E-state index contributed by atoms with van der Waals surface area (Å²) in [7, 11) is 0. The summed E-state index contributed by atoms with van der Waals surface area (Å²) in [4.78, 5) is 24.5. The molecule has 0 saturated carbocycles. The van der Waals surface area contributed by atoms with Crippen molar-refractivity contribution in [3.05, 3.63) is 54.1 Å². The van der Waals surface area contributed by atoms with E-state index in [1.165, 1.54) is 0 Å². The molecule has 1 atom stereocenters. The molecule has 1 fully saturated rings. The molecular formula is C24H31N3O4. The van der Waals surface area contributed by atoms with E-state index in [-0.39, 0.29) is 24.5 Å². The van der Waals surface area contributed by atoms with Crippen LogP contribution in [0.25, 0.3) is 0 Å². The maximum Gasteiger partial charge on any atom is 0.251 e. The topological polar surface area (TPSA) is 88.7 Å². The molecule has 1 heterocycles. The summed E-state index contributed by atoms with van der Waals surface area (Å²) in [6.07, 6.45) is 4.17. The van der Waals surface area contributed by atoms with Gasteiger partial charge in [0.15, 0.2) is 0 Å². The molecule has 3 rings (SSSR count). The molecule has 0 aromatic heterocycles. The second kappa shape index (κ2) is 12.0. The number of nitrogens with one attached hydrogen (secondary N) is 3.